The van der Waals surface area contributed by atoms with Gasteiger partial charge in [0.2, 0.25) is 0 Å². The largest absolute Gasteiger partial charge is 0.380 e. The van der Waals surface area contributed by atoms with E-state index in [1.54, 1.807) is 17.2 Å². The van der Waals surface area contributed by atoms with E-state index in [1.807, 2.05) is 25.2 Å². The minimum atomic E-state index is -2.69. The number of aliphatic hydroxyl groups is 1. The van der Waals surface area contributed by atoms with Gasteiger partial charge in [-0.05, 0) is 41.8 Å². The molecule has 1 N–H and O–H groups in total. The van der Waals surface area contributed by atoms with Gasteiger partial charge in [0.1, 0.15) is 11.4 Å². The molecule has 4 nitrogen and oxygen atoms in total. The average molecular weight is 416 g/mol. The van der Waals surface area contributed by atoms with Crippen molar-refractivity contribution in [2.24, 2.45) is 5.41 Å². The maximum atomic E-state index is 13.8. The Balaban J connectivity index is 1.77. The summed E-state index contributed by atoms with van der Waals surface area (Å²) in [7, 11) is 2.04. The lowest BCUT2D eigenvalue weighted by molar-refractivity contribution is -0.127. The molecular weight excluding hydrogens is 384 g/mol. The second-order valence-electron chi connectivity index (χ2n) is 9.65. The summed E-state index contributed by atoms with van der Waals surface area (Å²) in [5.74, 6) is -1.79. The minimum absolute atomic E-state index is 0.164. The Morgan fingerprint density at radius 1 is 1.07 bits per heavy atom. The molecular formula is C24H31F2N3O. The molecule has 2 saturated heterocycles. The topological polar surface area (TPSA) is 39.6 Å². The summed E-state index contributed by atoms with van der Waals surface area (Å²) >= 11 is 0. The van der Waals surface area contributed by atoms with Crippen molar-refractivity contribution in [1.29, 1.82) is 0 Å². The Hall–Kier alpha value is -2.05. The van der Waals surface area contributed by atoms with Crippen molar-refractivity contribution in [1.82, 2.24) is 9.88 Å². The van der Waals surface area contributed by atoms with Crippen LogP contribution < -0.4 is 4.90 Å². The fraction of sp³-hybridized carbons (Fsp3) is 0.542. The Morgan fingerprint density at radius 2 is 1.73 bits per heavy atom. The molecule has 2 aliphatic rings. The van der Waals surface area contributed by atoms with Crippen molar-refractivity contribution < 1.29 is 13.9 Å². The lowest BCUT2D eigenvalue weighted by atomic mass is 9.62. The molecule has 6 heteroatoms. The van der Waals surface area contributed by atoms with Gasteiger partial charge in [0, 0.05) is 37.7 Å². The van der Waals surface area contributed by atoms with E-state index in [0.717, 1.165) is 18.7 Å². The van der Waals surface area contributed by atoms with E-state index in [4.69, 9.17) is 0 Å². The molecule has 3 heterocycles. The Labute approximate surface area is 177 Å². The molecule has 0 amide bonds. The van der Waals surface area contributed by atoms with E-state index < -0.39 is 16.9 Å². The number of likely N-dealkylation sites (tertiary alicyclic amines) is 1. The van der Waals surface area contributed by atoms with Gasteiger partial charge in [0.05, 0.1) is 6.54 Å². The molecule has 1 aromatic heterocycles. The number of rotatable bonds is 5. The molecule has 0 aliphatic carbocycles. The summed E-state index contributed by atoms with van der Waals surface area (Å²) in [4.78, 5) is 8.13. The van der Waals surface area contributed by atoms with Crippen molar-refractivity contribution >= 4 is 5.82 Å². The summed E-state index contributed by atoms with van der Waals surface area (Å²) in [6.45, 7) is 7.81. The predicted octanol–water partition coefficient (Wildman–Crippen LogP) is 4.24. The Bertz CT molecular complexity index is 909. The first-order valence-corrected chi connectivity index (χ1v) is 10.6. The quantitative estimate of drug-likeness (QED) is 0.793. The smallest absolute Gasteiger partial charge is 0.266 e. The number of anilines is 1. The maximum absolute atomic E-state index is 13.8. The second kappa shape index (κ2) is 7.27. The van der Waals surface area contributed by atoms with Crippen LogP contribution in [0, 0.1) is 5.41 Å². The number of benzene rings is 1. The molecule has 162 valence electrons. The van der Waals surface area contributed by atoms with E-state index >= 15 is 0 Å². The molecule has 2 fully saturated rings. The fourth-order valence-electron chi connectivity index (χ4n) is 5.09. The van der Waals surface area contributed by atoms with Crippen molar-refractivity contribution in [3.8, 4) is 0 Å². The highest BCUT2D eigenvalue weighted by molar-refractivity contribution is 5.49. The maximum Gasteiger partial charge on any atom is 0.266 e. The van der Waals surface area contributed by atoms with Gasteiger partial charge >= 0.3 is 0 Å². The van der Waals surface area contributed by atoms with Crippen LogP contribution in [0.2, 0.25) is 0 Å². The van der Waals surface area contributed by atoms with E-state index in [9.17, 15) is 13.9 Å². The monoisotopic (exact) mass is 415 g/mol. The SMILES string of the molecule is CC(C)c1ccc(C(O)(c2ccnc(N3CCC(F)(F)C3)c2)C2(C)CN(C)C2)cc1. The zero-order valence-corrected chi connectivity index (χ0v) is 18.2. The molecule has 2 aliphatic heterocycles. The molecule has 1 aromatic carbocycles. The molecule has 1 unspecified atom stereocenters. The zero-order valence-electron chi connectivity index (χ0n) is 18.2. The van der Waals surface area contributed by atoms with Crippen molar-refractivity contribution in [2.75, 3.05) is 38.1 Å². The minimum Gasteiger partial charge on any atom is -0.380 e. The predicted molar refractivity (Wildman–Crippen MR) is 115 cm³/mol. The van der Waals surface area contributed by atoms with Gasteiger partial charge in [-0.15, -0.1) is 0 Å². The molecule has 0 saturated carbocycles. The lowest BCUT2D eigenvalue weighted by Crippen LogP contribution is -2.63. The number of hydrogen-bond acceptors (Lipinski definition) is 4. The number of aromatic nitrogens is 1. The first-order chi connectivity index (χ1) is 14.0. The fourth-order valence-corrected chi connectivity index (χ4v) is 5.09. The van der Waals surface area contributed by atoms with Crippen LogP contribution in [0.4, 0.5) is 14.6 Å². The third kappa shape index (κ3) is 3.50. The van der Waals surface area contributed by atoms with Crippen molar-refractivity contribution in [2.45, 2.75) is 44.6 Å². The van der Waals surface area contributed by atoms with Crippen LogP contribution in [0.15, 0.2) is 42.6 Å². The van der Waals surface area contributed by atoms with Gasteiger partial charge in [-0.2, -0.15) is 0 Å². The highest BCUT2D eigenvalue weighted by Gasteiger charge is 2.55. The Kier molecular flexibility index (Phi) is 5.14. The van der Waals surface area contributed by atoms with E-state index in [1.165, 1.54) is 5.56 Å². The van der Waals surface area contributed by atoms with Crippen molar-refractivity contribution in [3.63, 3.8) is 0 Å². The van der Waals surface area contributed by atoms with Gasteiger partial charge < -0.3 is 14.9 Å². The van der Waals surface area contributed by atoms with Gasteiger partial charge in [-0.1, -0.05) is 45.0 Å². The van der Waals surface area contributed by atoms with Gasteiger partial charge in [-0.25, -0.2) is 13.8 Å². The van der Waals surface area contributed by atoms with Crippen LogP contribution >= 0.6 is 0 Å². The molecule has 30 heavy (non-hydrogen) atoms. The lowest BCUT2D eigenvalue weighted by Gasteiger charge is -2.56. The van der Waals surface area contributed by atoms with Crippen LogP contribution in [0.5, 0.6) is 0 Å². The standard InChI is InChI=1S/C24H31F2N3O/c1-17(2)18-5-7-19(8-6-18)24(30,22(3)14-28(4)15-22)20-9-11-27-21(13-20)29-12-10-23(25,26)16-29/h5-9,11,13,17,30H,10,12,14-16H2,1-4H3. The highest BCUT2D eigenvalue weighted by atomic mass is 19.3. The summed E-state index contributed by atoms with van der Waals surface area (Å²) < 4.78 is 27.5. The van der Waals surface area contributed by atoms with Crippen molar-refractivity contribution in [3.05, 3.63) is 59.3 Å². The second-order valence-corrected chi connectivity index (χ2v) is 9.65. The normalized spacial score (nSPS) is 22.7. The zero-order chi connectivity index (χ0) is 21.7. The summed E-state index contributed by atoms with van der Waals surface area (Å²) in [6.07, 6.45) is 1.46. The summed E-state index contributed by atoms with van der Waals surface area (Å²) in [6, 6.07) is 11.8. The first-order valence-electron chi connectivity index (χ1n) is 10.6. The highest BCUT2D eigenvalue weighted by Crippen LogP contribution is 2.50. The molecule has 2 aromatic rings. The molecule has 0 radical (unpaired) electrons. The van der Waals surface area contributed by atoms with Crippen LogP contribution in [-0.2, 0) is 5.60 Å². The first kappa shape index (κ1) is 21.2. The third-order valence-electron chi connectivity index (χ3n) is 6.76. The number of halogens is 2. The number of alkyl halides is 2. The Morgan fingerprint density at radius 3 is 2.27 bits per heavy atom. The molecule has 0 bridgehead atoms. The van der Waals surface area contributed by atoms with E-state index in [-0.39, 0.29) is 19.5 Å². The number of nitrogens with zero attached hydrogens (tertiary/aromatic N) is 3. The average Bonchev–Trinajstić information content (AvgIpc) is 3.06. The van der Waals surface area contributed by atoms with Gasteiger partial charge in [0.15, 0.2) is 0 Å². The molecule has 0 spiro atoms. The van der Waals surface area contributed by atoms with Crippen LogP contribution in [0.25, 0.3) is 0 Å². The third-order valence-corrected chi connectivity index (χ3v) is 6.76. The van der Waals surface area contributed by atoms with Crippen LogP contribution in [0.1, 0.15) is 49.8 Å². The number of pyridine rings is 1. The molecule has 1 atom stereocenters. The van der Waals surface area contributed by atoms with Gasteiger partial charge in [-0.3, -0.25) is 0 Å². The van der Waals surface area contributed by atoms with E-state index in [2.05, 4.69) is 42.8 Å². The summed E-state index contributed by atoms with van der Waals surface area (Å²) in [5.41, 5.74) is 1.11. The molecule has 4 rings (SSSR count). The van der Waals surface area contributed by atoms with Crippen LogP contribution in [-0.4, -0.2) is 54.1 Å². The van der Waals surface area contributed by atoms with E-state index in [0.29, 0.717) is 17.3 Å². The van der Waals surface area contributed by atoms with Gasteiger partial charge in [0.25, 0.3) is 5.92 Å². The van der Waals surface area contributed by atoms with Crippen LogP contribution in [0.3, 0.4) is 0 Å². The number of hydrogen-bond donors (Lipinski definition) is 1. The summed E-state index contributed by atoms with van der Waals surface area (Å²) in [5, 5.41) is 12.2.